The average Bonchev–Trinajstić information content (AvgIpc) is 2.57. The first-order valence-corrected chi connectivity index (χ1v) is 7.90. The highest BCUT2D eigenvalue weighted by atomic mass is 19.1. The molecule has 0 unspecified atom stereocenters. The molecule has 4 nitrogen and oxygen atoms in total. The zero-order valence-electron chi connectivity index (χ0n) is 14.9. The summed E-state index contributed by atoms with van der Waals surface area (Å²) in [5.41, 5.74) is 3.83. The second kappa shape index (κ2) is 7.81. The van der Waals surface area contributed by atoms with E-state index < -0.39 is 0 Å². The van der Waals surface area contributed by atoms with Gasteiger partial charge in [-0.1, -0.05) is 6.07 Å². The van der Waals surface area contributed by atoms with Crippen LogP contribution in [0.1, 0.15) is 18.1 Å². The average molecular weight is 329 g/mol. The first kappa shape index (κ1) is 17.8. The van der Waals surface area contributed by atoms with E-state index in [1.165, 1.54) is 6.07 Å². The van der Waals surface area contributed by atoms with Crippen LogP contribution in [0, 0.1) is 19.7 Å². The predicted molar refractivity (Wildman–Crippen MR) is 98.6 cm³/mol. The van der Waals surface area contributed by atoms with Gasteiger partial charge in [-0.15, -0.1) is 0 Å². The SMILES string of the molecule is CCN(C)C=Nc1cc(C)c(Nc2ccc(C)cc2OC)cc1F. The van der Waals surface area contributed by atoms with Crippen LogP contribution in [0.15, 0.2) is 35.3 Å². The zero-order chi connectivity index (χ0) is 17.7. The topological polar surface area (TPSA) is 36.9 Å². The highest BCUT2D eigenvalue weighted by molar-refractivity contribution is 5.71. The van der Waals surface area contributed by atoms with Crippen molar-refractivity contribution in [3.05, 3.63) is 47.3 Å². The molecule has 0 atom stereocenters. The molecule has 0 aliphatic rings. The zero-order valence-corrected chi connectivity index (χ0v) is 14.9. The Bertz CT molecular complexity index is 744. The maximum Gasteiger partial charge on any atom is 0.150 e. The van der Waals surface area contributed by atoms with E-state index in [-0.39, 0.29) is 5.82 Å². The van der Waals surface area contributed by atoms with E-state index in [1.807, 2.05) is 50.9 Å². The van der Waals surface area contributed by atoms with E-state index in [0.717, 1.165) is 29.1 Å². The number of ether oxygens (including phenoxy) is 1. The van der Waals surface area contributed by atoms with Gasteiger partial charge in [-0.05, 0) is 56.2 Å². The number of hydrogen-bond acceptors (Lipinski definition) is 3. The van der Waals surface area contributed by atoms with E-state index in [1.54, 1.807) is 19.5 Å². The Balaban J connectivity index is 2.30. The number of rotatable bonds is 6. The molecule has 2 aromatic rings. The van der Waals surface area contributed by atoms with Crippen molar-refractivity contribution in [2.45, 2.75) is 20.8 Å². The molecule has 0 aliphatic carbocycles. The van der Waals surface area contributed by atoms with Gasteiger partial charge < -0.3 is 15.0 Å². The van der Waals surface area contributed by atoms with Crippen molar-refractivity contribution < 1.29 is 9.13 Å². The molecular weight excluding hydrogens is 305 g/mol. The summed E-state index contributed by atoms with van der Waals surface area (Å²) in [7, 11) is 3.52. The minimum atomic E-state index is -0.366. The second-order valence-corrected chi connectivity index (χ2v) is 5.77. The largest absolute Gasteiger partial charge is 0.495 e. The molecule has 0 aliphatic heterocycles. The van der Waals surface area contributed by atoms with Gasteiger partial charge in [-0.2, -0.15) is 0 Å². The van der Waals surface area contributed by atoms with Crippen LogP contribution < -0.4 is 10.1 Å². The molecule has 0 fully saturated rings. The van der Waals surface area contributed by atoms with E-state index >= 15 is 0 Å². The van der Waals surface area contributed by atoms with Gasteiger partial charge in [0.25, 0.3) is 0 Å². The van der Waals surface area contributed by atoms with E-state index in [0.29, 0.717) is 11.4 Å². The van der Waals surface area contributed by atoms with Gasteiger partial charge in [-0.3, -0.25) is 0 Å². The Hall–Kier alpha value is -2.56. The number of aliphatic imine (C=N–C) groups is 1. The third-order valence-corrected chi connectivity index (χ3v) is 3.81. The lowest BCUT2D eigenvalue weighted by Crippen LogP contribution is -2.14. The van der Waals surface area contributed by atoms with Crippen molar-refractivity contribution in [3.63, 3.8) is 0 Å². The van der Waals surface area contributed by atoms with Gasteiger partial charge in [0.1, 0.15) is 11.4 Å². The second-order valence-electron chi connectivity index (χ2n) is 5.77. The van der Waals surface area contributed by atoms with Gasteiger partial charge in [0.2, 0.25) is 0 Å². The van der Waals surface area contributed by atoms with Crippen molar-refractivity contribution in [3.8, 4) is 5.75 Å². The van der Waals surface area contributed by atoms with Gasteiger partial charge in [0.05, 0.1) is 19.1 Å². The van der Waals surface area contributed by atoms with Gasteiger partial charge in [-0.25, -0.2) is 9.38 Å². The number of benzene rings is 2. The van der Waals surface area contributed by atoms with E-state index in [2.05, 4.69) is 10.3 Å². The summed E-state index contributed by atoms with van der Waals surface area (Å²) in [6.07, 6.45) is 1.63. The Morgan fingerprint density at radius 3 is 2.62 bits per heavy atom. The first-order chi connectivity index (χ1) is 11.4. The highest BCUT2D eigenvalue weighted by Crippen LogP contribution is 2.32. The van der Waals surface area contributed by atoms with Crippen molar-refractivity contribution in [1.29, 1.82) is 0 Å². The lowest BCUT2D eigenvalue weighted by Gasteiger charge is -2.15. The molecule has 128 valence electrons. The molecule has 0 saturated carbocycles. The molecule has 0 radical (unpaired) electrons. The summed E-state index contributed by atoms with van der Waals surface area (Å²) in [4.78, 5) is 6.09. The van der Waals surface area contributed by atoms with Crippen LogP contribution in [-0.4, -0.2) is 31.9 Å². The van der Waals surface area contributed by atoms with Crippen LogP contribution in [0.4, 0.5) is 21.5 Å². The number of hydrogen-bond donors (Lipinski definition) is 1. The molecule has 5 heteroatoms. The maximum absolute atomic E-state index is 14.3. The maximum atomic E-state index is 14.3. The minimum absolute atomic E-state index is 0.328. The fourth-order valence-electron chi connectivity index (χ4n) is 2.19. The Labute approximate surface area is 143 Å². The summed E-state index contributed by atoms with van der Waals surface area (Å²) in [5.74, 6) is 0.358. The Morgan fingerprint density at radius 2 is 1.96 bits per heavy atom. The Morgan fingerprint density at radius 1 is 1.21 bits per heavy atom. The van der Waals surface area contributed by atoms with Crippen LogP contribution in [0.3, 0.4) is 0 Å². The molecule has 2 rings (SSSR count). The molecule has 1 N–H and O–H groups in total. The quantitative estimate of drug-likeness (QED) is 0.610. The van der Waals surface area contributed by atoms with Crippen molar-refractivity contribution in [2.24, 2.45) is 4.99 Å². The monoisotopic (exact) mass is 329 g/mol. The Kier molecular flexibility index (Phi) is 5.79. The number of anilines is 2. The van der Waals surface area contributed by atoms with Crippen LogP contribution in [0.2, 0.25) is 0 Å². The summed E-state index contributed by atoms with van der Waals surface area (Å²) < 4.78 is 19.7. The van der Waals surface area contributed by atoms with Gasteiger partial charge in [0.15, 0.2) is 5.82 Å². The van der Waals surface area contributed by atoms with Crippen molar-refractivity contribution >= 4 is 23.4 Å². The number of nitrogens with zero attached hydrogens (tertiary/aromatic N) is 2. The van der Waals surface area contributed by atoms with Crippen LogP contribution in [0.25, 0.3) is 0 Å². The van der Waals surface area contributed by atoms with Crippen molar-refractivity contribution in [2.75, 3.05) is 26.0 Å². The number of methoxy groups -OCH3 is 1. The van der Waals surface area contributed by atoms with E-state index in [4.69, 9.17) is 4.74 Å². The van der Waals surface area contributed by atoms with Gasteiger partial charge in [0, 0.05) is 19.3 Å². The molecule has 0 saturated heterocycles. The number of halogens is 1. The molecular formula is C19H24FN3O. The van der Waals surface area contributed by atoms with E-state index in [9.17, 15) is 4.39 Å². The summed E-state index contributed by atoms with van der Waals surface area (Å²) in [5, 5.41) is 3.24. The molecule has 0 amide bonds. The summed E-state index contributed by atoms with van der Waals surface area (Å²) in [6.45, 7) is 6.74. The molecule has 0 bridgehead atoms. The fraction of sp³-hybridized carbons (Fsp3) is 0.316. The van der Waals surface area contributed by atoms with Gasteiger partial charge >= 0.3 is 0 Å². The predicted octanol–water partition coefficient (Wildman–Crippen LogP) is 4.81. The van der Waals surface area contributed by atoms with Crippen LogP contribution in [0.5, 0.6) is 5.75 Å². The third kappa shape index (κ3) is 4.25. The fourth-order valence-corrected chi connectivity index (χ4v) is 2.19. The first-order valence-electron chi connectivity index (χ1n) is 7.90. The van der Waals surface area contributed by atoms with Crippen LogP contribution >= 0.6 is 0 Å². The van der Waals surface area contributed by atoms with Crippen LogP contribution in [-0.2, 0) is 0 Å². The molecule has 24 heavy (non-hydrogen) atoms. The third-order valence-electron chi connectivity index (χ3n) is 3.81. The van der Waals surface area contributed by atoms with Crippen molar-refractivity contribution in [1.82, 2.24) is 4.90 Å². The molecule has 2 aromatic carbocycles. The minimum Gasteiger partial charge on any atom is -0.495 e. The number of aryl methyl sites for hydroxylation is 2. The highest BCUT2D eigenvalue weighted by Gasteiger charge is 2.09. The molecule has 0 spiro atoms. The number of nitrogens with one attached hydrogen (secondary N) is 1. The lowest BCUT2D eigenvalue weighted by molar-refractivity contribution is 0.416. The summed E-state index contributed by atoms with van der Waals surface area (Å²) >= 11 is 0. The summed E-state index contributed by atoms with van der Waals surface area (Å²) in [6, 6.07) is 9.04. The normalized spacial score (nSPS) is 10.9. The lowest BCUT2D eigenvalue weighted by atomic mass is 10.1. The molecule has 0 heterocycles. The smallest absolute Gasteiger partial charge is 0.150 e. The standard InChI is InChI=1S/C19H24FN3O/c1-6-23(4)12-21-18-10-14(3)17(11-15(18)20)22-16-8-7-13(2)9-19(16)24-5/h7-12,22H,6H2,1-5H3. The molecule has 0 aromatic heterocycles.